The van der Waals surface area contributed by atoms with Crippen molar-refractivity contribution in [3.63, 3.8) is 0 Å². The van der Waals surface area contributed by atoms with Crippen molar-refractivity contribution in [1.29, 1.82) is 0 Å². The Bertz CT molecular complexity index is 348. The fraction of sp³-hybridized carbons (Fsp3) is 0.571. The summed E-state index contributed by atoms with van der Waals surface area (Å²) in [5.41, 5.74) is 1.27. The van der Waals surface area contributed by atoms with Crippen LogP contribution in [0.15, 0.2) is 24.3 Å². The predicted molar refractivity (Wildman–Crippen MR) is 68.4 cm³/mol. The summed E-state index contributed by atoms with van der Waals surface area (Å²) in [6, 6.07) is 9.18. The van der Waals surface area contributed by atoms with Crippen LogP contribution in [-0.4, -0.2) is 26.4 Å². The van der Waals surface area contributed by atoms with Gasteiger partial charge in [0, 0.05) is 25.3 Å². The van der Waals surface area contributed by atoms with E-state index >= 15 is 0 Å². The van der Waals surface area contributed by atoms with Crippen LogP contribution in [0.25, 0.3) is 0 Å². The molecule has 2 rings (SSSR count). The maximum Gasteiger partial charge on any atom is 0.119 e. The number of ether oxygens (including phenoxy) is 2. The van der Waals surface area contributed by atoms with E-state index in [1.54, 1.807) is 7.11 Å². The van der Waals surface area contributed by atoms with Gasteiger partial charge in [-0.05, 0) is 37.5 Å². The van der Waals surface area contributed by atoms with Crippen LogP contribution >= 0.6 is 0 Å². The number of benzene rings is 1. The number of hydrogen-bond acceptors (Lipinski definition) is 3. The van der Waals surface area contributed by atoms with Gasteiger partial charge in [-0.1, -0.05) is 12.1 Å². The molecule has 1 aromatic rings. The van der Waals surface area contributed by atoms with Crippen molar-refractivity contribution in [3.8, 4) is 5.75 Å². The molecule has 1 saturated heterocycles. The van der Waals surface area contributed by atoms with Crippen molar-refractivity contribution in [3.05, 3.63) is 29.8 Å². The molecule has 1 fully saturated rings. The Balaban J connectivity index is 1.95. The van der Waals surface area contributed by atoms with Gasteiger partial charge in [-0.15, -0.1) is 0 Å². The molecule has 94 valence electrons. The largest absolute Gasteiger partial charge is 0.497 e. The number of hydrogen-bond donors (Lipinski definition) is 1. The van der Waals surface area contributed by atoms with Gasteiger partial charge in [-0.25, -0.2) is 0 Å². The molecule has 0 spiro atoms. The normalized spacial score (nSPS) is 18.9. The van der Waals surface area contributed by atoms with E-state index in [2.05, 4.69) is 24.4 Å². The van der Waals surface area contributed by atoms with Gasteiger partial charge in [-0.2, -0.15) is 0 Å². The van der Waals surface area contributed by atoms with Crippen LogP contribution in [0.2, 0.25) is 0 Å². The van der Waals surface area contributed by atoms with Gasteiger partial charge >= 0.3 is 0 Å². The summed E-state index contributed by atoms with van der Waals surface area (Å²) in [4.78, 5) is 0. The molecule has 0 amide bonds. The first-order valence-corrected chi connectivity index (χ1v) is 6.27. The molecule has 1 unspecified atom stereocenters. The van der Waals surface area contributed by atoms with E-state index in [0.29, 0.717) is 12.1 Å². The van der Waals surface area contributed by atoms with E-state index in [0.717, 1.165) is 31.8 Å². The predicted octanol–water partition coefficient (Wildman–Crippen LogP) is 2.52. The highest BCUT2D eigenvalue weighted by atomic mass is 16.5. The van der Waals surface area contributed by atoms with Crippen LogP contribution in [0, 0.1) is 0 Å². The molecule has 17 heavy (non-hydrogen) atoms. The summed E-state index contributed by atoms with van der Waals surface area (Å²) in [5, 5.41) is 3.65. The van der Waals surface area contributed by atoms with Gasteiger partial charge in [0.15, 0.2) is 0 Å². The number of nitrogens with one attached hydrogen (secondary N) is 1. The second-order valence-electron chi connectivity index (χ2n) is 4.55. The van der Waals surface area contributed by atoms with Crippen LogP contribution in [0.4, 0.5) is 0 Å². The first kappa shape index (κ1) is 12.4. The van der Waals surface area contributed by atoms with Crippen molar-refractivity contribution >= 4 is 0 Å². The summed E-state index contributed by atoms with van der Waals surface area (Å²) in [6.07, 6.45) is 2.21. The summed E-state index contributed by atoms with van der Waals surface area (Å²) in [6.45, 7) is 3.95. The molecule has 1 N–H and O–H groups in total. The summed E-state index contributed by atoms with van der Waals surface area (Å²) >= 11 is 0. The van der Waals surface area contributed by atoms with E-state index in [9.17, 15) is 0 Å². The molecule has 1 aromatic carbocycles. The first-order chi connectivity index (χ1) is 8.29. The van der Waals surface area contributed by atoms with E-state index < -0.39 is 0 Å². The smallest absolute Gasteiger partial charge is 0.119 e. The number of rotatable bonds is 4. The topological polar surface area (TPSA) is 30.5 Å². The maximum atomic E-state index is 5.36. The standard InChI is InChI=1S/C14H21NO2/c1-11(15-13-6-8-17-9-7-13)12-4-3-5-14(10-12)16-2/h3-5,10-11,13,15H,6-9H2,1-2H3. The Morgan fingerprint density at radius 1 is 1.35 bits per heavy atom. The van der Waals surface area contributed by atoms with Crippen LogP contribution in [0.5, 0.6) is 5.75 Å². The van der Waals surface area contributed by atoms with Gasteiger partial charge < -0.3 is 14.8 Å². The minimum absolute atomic E-state index is 0.355. The summed E-state index contributed by atoms with van der Waals surface area (Å²) < 4.78 is 10.6. The van der Waals surface area contributed by atoms with Gasteiger partial charge in [0.25, 0.3) is 0 Å². The zero-order valence-electron chi connectivity index (χ0n) is 10.6. The van der Waals surface area contributed by atoms with Crippen molar-refractivity contribution < 1.29 is 9.47 Å². The van der Waals surface area contributed by atoms with Crippen molar-refractivity contribution in [2.75, 3.05) is 20.3 Å². The second kappa shape index (κ2) is 6.03. The van der Waals surface area contributed by atoms with Crippen LogP contribution in [0.3, 0.4) is 0 Å². The van der Waals surface area contributed by atoms with Gasteiger partial charge in [0.05, 0.1) is 7.11 Å². The van der Waals surface area contributed by atoms with Gasteiger partial charge in [0.2, 0.25) is 0 Å². The van der Waals surface area contributed by atoms with E-state index in [1.165, 1.54) is 5.56 Å². The third-order valence-corrected chi connectivity index (χ3v) is 3.30. The van der Waals surface area contributed by atoms with Crippen molar-refractivity contribution in [2.45, 2.75) is 31.8 Å². The maximum absolute atomic E-state index is 5.36. The first-order valence-electron chi connectivity index (χ1n) is 6.27. The lowest BCUT2D eigenvalue weighted by Gasteiger charge is -2.27. The van der Waals surface area contributed by atoms with Crippen LogP contribution in [0.1, 0.15) is 31.4 Å². The highest BCUT2D eigenvalue weighted by Crippen LogP contribution is 2.20. The molecular formula is C14H21NO2. The Kier molecular flexibility index (Phi) is 4.40. The lowest BCUT2D eigenvalue weighted by Crippen LogP contribution is -2.36. The van der Waals surface area contributed by atoms with Crippen molar-refractivity contribution in [2.24, 2.45) is 0 Å². The average Bonchev–Trinajstić information content (AvgIpc) is 2.40. The molecular weight excluding hydrogens is 214 g/mol. The van der Waals surface area contributed by atoms with E-state index in [4.69, 9.17) is 9.47 Å². The van der Waals surface area contributed by atoms with Gasteiger partial charge in [0.1, 0.15) is 5.75 Å². The molecule has 1 aliphatic rings. The Morgan fingerprint density at radius 2 is 2.12 bits per heavy atom. The minimum atomic E-state index is 0.355. The minimum Gasteiger partial charge on any atom is -0.497 e. The Hall–Kier alpha value is -1.06. The molecule has 0 bridgehead atoms. The second-order valence-corrected chi connectivity index (χ2v) is 4.55. The number of methoxy groups -OCH3 is 1. The summed E-state index contributed by atoms with van der Waals surface area (Å²) in [7, 11) is 1.70. The Labute approximate surface area is 103 Å². The van der Waals surface area contributed by atoms with Crippen LogP contribution in [-0.2, 0) is 4.74 Å². The van der Waals surface area contributed by atoms with Gasteiger partial charge in [-0.3, -0.25) is 0 Å². The molecule has 1 atom stereocenters. The SMILES string of the molecule is COc1cccc(C(C)NC2CCOCC2)c1. The zero-order chi connectivity index (χ0) is 12.1. The third kappa shape index (κ3) is 3.45. The molecule has 0 saturated carbocycles. The molecule has 3 nitrogen and oxygen atoms in total. The van der Waals surface area contributed by atoms with Crippen molar-refractivity contribution in [1.82, 2.24) is 5.32 Å². The quantitative estimate of drug-likeness (QED) is 0.870. The monoisotopic (exact) mass is 235 g/mol. The fourth-order valence-electron chi connectivity index (χ4n) is 2.22. The molecule has 3 heteroatoms. The lowest BCUT2D eigenvalue weighted by atomic mass is 10.0. The lowest BCUT2D eigenvalue weighted by molar-refractivity contribution is 0.0754. The fourth-order valence-corrected chi connectivity index (χ4v) is 2.22. The zero-order valence-corrected chi connectivity index (χ0v) is 10.6. The molecule has 0 aliphatic carbocycles. The Morgan fingerprint density at radius 3 is 2.82 bits per heavy atom. The molecule has 1 aliphatic heterocycles. The van der Waals surface area contributed by atoms with E-state index in [1.807, 2.05) is 12.1 Å². The molecule has 0 aromatic heterocycles. The molecule has 1 heterocycles. The highest BCUT2D eigenvalue weighted by Gasteiger charge is 2.16. The third-order valence-electron chi connectivity index (χ3n) is 3.30. The average molecular weight is 235 g/mol. The molecule has 0 radical (unpaired) electrons. The summed E-state index contributed by atoms with van der Waals surface area (Å²) in [5.74, 6) is 0.920. The van der Waals surface area contributed by atoms with E-state index in [-0.39, 0.29) is 0 Å². The van der Waals surface area contributed by atoms with Crippen LogP contribution < -0.4 is 10.1 Å². The highest BCUT2D eigenvalue weighted by molar-refractivity contribution is 5.30.